The van der Waals surface area contributed by atoms with Crippen LogP contribution in [0.3, 0.4) is 0 Å². The van der Waals surface area contributed by atoms with E-state index in [1.807, 2.05) is 13.1 Å². The molecule has 3 N–H and O–H groups in total. The second kappa shape index (κ2) is 3.62. The van der Waals surface area contributed by atoms with Crippen LogP contribution in [-0.2, 0) is 13.6 Å². The summed E-state index contributed by atoms with van der Waals surface area (Å²) in [5.74, 6) is 0.308. The Morgan fingerprint density at radius 3 is 3.07 bits per heavy atom. The highest BCUT2D eigenvalue weighted by Crippen LogP contribution is 2.12. The Morgan fingerprint density at radius 2 is 2.50 bits per heavy atom. The summed E-state index contributed by atoms with van der Waals surface area (Å²) < 4.78 is 5.67. The molecule has 0 amide bonds. The minimum Gasteiger partial charge on any atom is -0.367 e. The van der Waals surface area contributed by atoms with Crippen LogP contribution < -0.4 is 11.1 Å². The first-order valence-electron chi connectivity index (χ1n) is 4.05. The molecular formula is C7H10N6S. The first-order chi connectivity index (χ1) is 6.75. The highest BCUT2D eigenvalue weighted by Gasteiger charge is 2.01. The van der Waals surface area contributed by atoms with Gasteiger partial charge in [-0.15, -0.1) is 0 Å². The summed E-state index contributed by atoms with van der Waals surface area (Å²) in [7, 11) is 1.89. The summed E-state index contributed by atoms with van der Waals surface area (Å²) in [5, 5.41) is 7.89. The smallest absolute Gasteiger partial charge is 0.233 e. The molecule has 0 aliphatic carbocycles. The molecule has 7 heteroatoms. The Kier molecular flexibility index (Phi) is 2.32. The standard InChI is InChI=1S/C7H10N6S/c1-13-5(2-3-10-13)4-9-7-11-6(8)12-14-7/h2-3H,4H2,1H3,(H3,8,9,11,12). The number of rotatable bonds is 3. The summed E-state index contributed by atoms with van der Waals surface area (Å²) >= 11 is 1.25. The van der Waals surface area contributed by atoms with E-state index >= 15 is 0 Å². The van der Waals surface area contributed by atoms with E-state index in [1.54, 1.807) is 10.9 Å². The lowest BCUT2D eigenvalue weighted by Gasteiger charge is -2.01. The molecule has 14 heavy (non-hydrogen) atoms. The van der Waals surface area contributed by atoms with Crippen molar-refractivity contribution in [2.45, 2.75) is 6.54 Å². The number of hydrogen-bond donors (Lipinski definition) is 2. The molecule has 2 heterocycles. The molecule has 0 atom stereocenters. The van der Waals surface area contributed by atoms with E-state index < -0.39 is 0 Å². The molecule has 0 radical (unpaired) electrons. The van der Waals surface area contributed by atoms with Gasteiger partial charge in [-0.25, -0.2) is 0 Å². The van der Waals surface area contributed by atoms with Crippen LogP contribution in [0.5, 0.6) is 0 Å². The molecule has 74 valence electrons. The molecule has 0 aliphatic heterocycles. The molecule has 0 unspecified atom stereocenters. The quantitative estimate of drug-likeness (QED) is 0.769. The molecule has 2 aromatic heterocycles. The molecule has 0 saturated heterocycles. The van der Waals surface area contributed by atoms with Crippen molar-refractivity contribution >= 4 is 22.6 Å². The first kappa shape index (κ1) is 8.95. The molecule has 2 aromatic rings. The highest BCUT2D eigenvalue weighted by atomic mass is 32.1. The van der Waals surface area contributed by atoms with E-state index in [0.29, 0.717) is 12.5 Å². The summed E-state index contributed by atoms with van der Waals surface area (Å²) in [6, 6.07) is 1.94. The second-order valence-electron chi connectivity index (χ2n) is 2.76. The van der Waals surface area contributed by atoms with Gasteiger partial charge in [-0.05, 0) is 6.07 Å². The van der Waals surface area contributed by atoms with Gasteiger partial charge in [0.2, 0.25) is 11.1 Å². The average Bonchev–Trinajstić information content (AvgIpc) is 2.72. The van der Waals surface area contributed by atoms with E-state index in [-0.39, 0.29) is 0 Å². The van der Waals surface area contributed by atoms with Crippen molar-refractivity contribution in [1.29, 1.82) is 0 Å². The maximum Gasteiger partial charge on any atom is 0.233 e. The fourth-order valence-corrected chi connectivity index (χ4v) is 1.54. The first-order valence-corrected chi connectivity index (χ1v) is 4.83. The van der Waals surface area contributed by atoms with Crippen LogP contribution >= 0.6 is 11.5 Å². The highest BCUT2D eigenvalue weighted by molar-refractivity contribution is 7.09. The summed E-state index contributed by atoms with van der Waals surface area (Å²) in [6.45, 7) is 0.672. The summed E-state index contributed by atoms with van der Waals surface area (Å²) in [5.41, 5.74) is 6.47. The lowest BCUT2D eigenvalue weighted by Crippen LogP contribution is -2.05. The van der Waals surface area contributed by atoms with E-state index in [1.165, 1.54) is 11.5 Å². The third kappa shape index (κ3) is 1.82. The third-order valence-electron chi connectivity index (χ3n) is 1.78. The van der Waals surface area contributed by atoms with Crippen molar-refractivity contribution < 1.29 is 0 Å². The number of hydrogen-bond acceptors (Lipinski definition) is 6. The van der Waals surface area contributed by atoms with Crippen molar-refractivity contribution in [3.63, 3.8) is 0 Å². The van der Waals surface area contributed by atoms with E-state index in [0.717, 1.165) is 10.8 Å². The SMILES string of the molecule is Cn1nccc1CNc1nc(N)ns1. The minimum atomic E-state index is 0.308. The molecule has 2 rings (SSSR count). The van der Waals surface area contributed by atoms with Crippen molar-refractivity contribution in [3.05, 3.63) is 18.0 Å². The largest absolute Gasteiger partial charge is 0.367 e. The number of nitrogens with one attached hydrogen (secondary N) is 1. The number of nitrogens with two attached hydrogens (primary N) is 1. The molecule has 6 nitrogen and oxygen atoms in total. The van der Waals surface area contributed by atoms with Gasteiger partial charge in [-0.3, -0.25) is 4.68 Å². The molecule has 0 aliphatic rings. The van der Waals surface area contributed by atoms with Gasteiger partial charge < -0.3 is 11.1 Å². The normalized spacial score (nSPS) is 10.4. The van der Waals surface area contributed by atoms with Crippen LogP contribution in [0.4, 0.5) is 11.1 Å². The van der Waals surface area contributed by atoms with Gasteiger partial charge in [-0.1, -0.05) is 0 Å². The molecule has 0 bridgehead atoms. The molecular weight excluding hydrogens is 200 g/mol. The van der Waals surface area contributed by atoms with E-state index in [9.17, 15) is 0 Å². The Balaban J connectivity index is 1.98. The lowest BCUT2D eigenvalue weighted by atomic mass is 10.4. The van der Waals surface area contributed by atoms with Crippen LogP contribution in [0, 0.1) is 0 Å². The topological polar surface area (TPSA) is 81.7 Å². The molecule has 0 fully saturated rings. The zero-order valence-corrected chi connectivity index (χ0v) is 8.45. The van der Waals surface area contributed by atoms with Gasteiger partial charge in [0.05, 0.1) is 12.2 Å². The van der Waals surface area contributed by atoms with Gasteiger partial charge in [-0.2, -0.15) is 14.5 Å². The van der Waals surface area contributed by atoms with E-state index in [2.05, 4.69) is 19.8 Å². The Bertz CT molecular complexity index is 419. The molecule has 0 saturated carbocycles. The maximum absolute atomic E-state index is 5.39. The number of aromatic nitrogens is 4. The summed E-state index contributed by atoms with van der Waals surface area (Å²) in [4.78, 5) is 3.98. The number of nitrogen functional groups attached to an aromatic ring is 1. The zero-order valence-electron chi connectivity index (χ0n) is 7.64. The predicted molar refractivity (Wildman–Crippen MR) is 54.9 cm³/mol. The van der Waals surface area contributed by atoms with E-state index in [4.69, 9.17) is 5.73 Å². The Morgan fingerprint density at radius 1 is 1.64 bits per heavy atom. The van der Waals surface area contributed by atoms with Crippen molar-refractivity contribution in [2.75, 3.05) is 11.1 Å². The monoisotopic (exact) mass is 210 g/mol. The third-order valence-corrected chi connectivity index (χ3v) is 2.47. The fraction of sp³-hybridized carbons (Fsp3) is 0.286. The van der Waals surface area contributed by atoms with Crippen LogP contribution in [0.2, 0.25) is 0 Å². The minimum absolute atomic E-state index is 0.308. The van der Waals surface area contributed by atoms with Crippen molar-refractivity contribution in [2.24, 2.45) is 7.05 Å². The Labute approximate surface area is 84.9 Å². The van der Waals surface area contributed by atoms with Gasteiger partial charge in [0.1, 0.15) is 0 Å². The van der Waals surface area contributed by atoms with Crippen molar-refractivity contribution in [1.82, 2.24) is 19.1 Å². The maximum atomic E-state index is 5.39. The predicted octanol–water partition coefficient (Wildman–Crippen LogP) is 0.466. The average molecular weight is 210 g/mol. The second-order valence-corrected chi connectivity index (χ2v) is 3.51. The fourth-order valence-electron chi connectivity index (χ4n) is 1.05. The number of nitrogens with zero attached hydrogens (tertiary/aromatic N) is 4. The Hall–Kier alpha value is -1.63. The van der Waals surface area contributed by atoms with Gasteiger partial charge in [0.25, 0.3) is 0 Å². The molecule has 0 aromatic carbocycles. The van der Waals surface area contributed by atoms with Crippen molar-refractivity contribution in [3.8, 4) is 0 Å². The number of anilines is 2. The van der Waals surface area contributed by atoms with Gasteiger partial charge in [0.15, 0.2) is 0 Å². The number of aryl methyl sites for hydroxylation is 1. The lowest BCUT2D eigenvalue weighted by molar-refractivity contribution is 0.720. The summed E-state index contributed by atoms with van der Waals surface area (Å²) in [6.07, 6.45) is 1.76. The van der Waals surface area contributed by atoms with Crippen LogP contribution in [0.25, 0.3) is 0 Å². The van der Waals surface area contributed by atoms with Crippen LogP contribution in [-0.4, -0.2) is 19.1 Å². The molecule has 0 spiro atoms. The zero-order chi connectivity index (χ0) is 9.97. The van der Waals surface area contributed by atoms with Gasteiger partial charge >= 0.3 is 0 Å². The van der Waals surface area contributed by atoms with Gasteiger partial charge in [0, 0.05) is 24.8 Å². The van der Waals surface area contributed by atoms with Crippen LogP contribution in [0.1, 0.15) is 5.69 Å². The van der Waals surface area contributed by atoms with Crippen LogP contribution in [0.15, 0.2) is 12.3 Å².